The summed E-state index contributed by atoms with van der Waals surface area (Å²) in [5.74, 6) is 1.50. The Kier molecular flexibility index (Phi) is 3.84. The minimum Gasteiger partial charge on any atom is -0.476 e. The van der Waals surface area contributed by atoms with Gasteiger partial charge in [-0.25, -0.2) is 8.42 Å². The first kappa shape index (κ1) is 13.9. The maximum absolute atomic E-state index is 11.5. The molecule has 1 aliphatic rings. The summed E-state index contributed by atoms with van der Waals surface area (Å²) < 4.78 is 28.4. The third-order valence-electron chi connectivity index (χ3n) is 3.27. The third-order valence-corrected chi connectivity index (χ3v) is 5.02. The van der Waals surface area contributed by atoms with Crippen LogP contribution in [0.4, 0.5) is 11.5 Å². The first-order valence-electron chi connectivity index (χ1n) is 6.25. The summed E-state index contributed by atoms with van der Waals surface area (Å²) in [7, 11) is -1.06. The molecule has 7 heteroatoms. The van der Waals surface area contributed by atoms with E-state index in [2.05, 4.69) is 4.98 Å². The quantitative estimate of drug-likeness (QED) is 0.876. The first-order valence-corrected chi connectivity index (χ1v) is 8.07. The smallest absolute Gasteiger partial charge is 0.239 e. The van der Waals surface area contributed by atoms with Crippen molar-refractivity contribution < 1.29 is 13.2 Å². The highest BCUT2D eigenvalue weighted by molar-refractivity contribution is 7.91. The summed E-state index contributed by atoms with van der Waals surface area (Å²) in [5, 5.41) is 0. The predicted molar refractivity (Wildman–Crippen MR) is 75.3 cm³/mol. The average molecular weight is 285 g/mol. The van der Waals surface area contributed by atoms with Gasteiger partial charge < -0.3 is 15.4 Å². The van der Waals surface area contributed by atoms with Crippen LogP contribution in [0.1, 0.15) is 13.3 Å². The Labute approximate surface area is 113 Å². The number of anilines is 2. The van der Waals surface area contributed by atoms with Gasteiger partial charge in [0.05, 0.1) is 23.8 Å². The Morgan fingerprint density at radius 2 is 2.26 bits per heavy atom. The number of nitrogens with zero attached hydrogens (tertiary/aromatic N) is 2. The number of aromatic nitrogens is 1. The van der Waals surface area contributed by atoms with Crippen LogP contribution in [-0.4, -0.2) is 44.6 Å². The summed E-state index contributed by atoms with van der Waals surface area (Å²) in [5.41, 5.74) is 6.25. The van der Waals surface area contributed by atoms with Crippen LogP contribution in [0.15, 0.2) is 12.1 Å². The van der Waals surface area contributed by atoms with Gasteiger partial charge in [0.15, 0.2) is 9.84 Å². The second-order valence-electron chi connectivity index (χ2n) is 4.66. The minimum atomic E-state index is -2.90. The Balaban J connectivity index is 2.20. The standard InChI is InChI=1S/C12H19N3O3S/c1-3-18-12-10(13)4-5-11(14-12)15(2)9-6-7-19(16,17)8-9/h4-5,9H,3,6-8,13H2,1-2H3. The SMILES string of the molecule is CCOc1nc(N(C)C2CCS(=O)(=O)C2)ccc1N. The molecule has 1 aromatic rings. The van der Waals surface area contributed by atoms with Gasteiger partial charge in [0.1, 0.15) is 5.82 Å². The molecule has 0 spiro atoms. The van der Waals surface area contributed by atoms with Crippen molar-refractivity contribution >= 4 is 21.3 Å². The fourth-order valence-electron chi connectivity index (χ4n) is 2.16. The van der Waals surface area contributed by atoms with E-state index in [0.717, 1.165) is 0 Å². The number of hydrogen-bond donors (Lipinski definition) is 1. The lowest BCUT2D eigenvalue weighted by molar-refractivity contribution is 0.329. The van der Waals surface area contributed by atoms with Crippen LogP contribution < -0.4 is 15.4 Å². The summed E-state index contributed by atoms with van der Waals surface area (Å²) in [6.07, 6.45) is 0.634. The first-order chi connectivity index (χ1) is 8.93. The van der Waals surface area contributed by atoms with Crippen LogP contribution in [0.25, 0.3) is 0 Å². The zero-order valence-electron chi connectivity index (χ0n) is 11.2. The Morgan fingerprint density at radius 1 is 1.53 bits per heavy atom. The van der Waals surface area contributed by atoms with E-state index in [9.17, 15) is 8.42 Å². The van der Waals surface area contributed by atoms with Gasteiger partial charge in [-0.3, -0.25) is 0 Å². The van der Waals surface area contributed by atoms with Gasteiger partial charge in [-0.05, 0) is 25.5 Å². The Morgan fingerprint density at radius 3 is 2.84 bits per heavy atom. The molecule has 0 aliphatic carbocycles. The molecule has 0 radical (unpaired) electrons. The summed E-state index contributed by atoms with van der Waals surface area (Å²) >= 11 is 0. The fraction of sp³-hybridized carbons (Fsp3) is 0.583. The Hall–Kier alpha value is -1.50. The predicted octanol–water partition coefficient (Wildman–Crippen LogP) is 0.686. The van der Waals surface area contributed by atoms with E-state index < -0.39 is 9.84 Å². The minimum absolute atomic E-state index is 0.0319. The number of nitrogens with two attached hydrogens (primary N) is 1. The monoisotopic (exact) mass is 285 g/mol. The van der Waals surface area contributed by atoms with Gasteiger partial charge in [-0.1, -0.05) is 0 Å². The molecular formula is C12H19N3O3S. The average Bonchev–Trinajstić information content (AvgIpc) is 2.72. The number of sulfone groups is 1. The van der Waals surface area contributed by atoms with Gasteiger partial charge >= 0.3 is 0 Å². The molecule has 106 valence electrons. The molecule has 1 aliphatic heterocycles. The Bertz CT molecular complexity index is 559. The third kappa shape index (κ3) is 3.09. The van der Waals surface area contributed by atoms with Crippen LogP contribution in [0.3, 0.4) is 0 Å². The number of nitrogen functional groups attached to an aromatic ring is 1. The molecule has 1 aromatic heterocycles. The normalized spacial score (nSPS) is 21.3. The van der Waals surface area contributed by atoms with Gasteiger partial charge in [0, 0.05) is 13.1 Å². The van der Waals surface area contributed by atoms with Crippen molar-refractivity contribution in [3.63, 3.8) is 0 Å². The highest BCUT2D eigenvalue weighted by atomic mass is 32.2. The second-order valence-corrected chi connectivity index (χ2v) is 6.89. The molecule has 0 bridgehead atoms. The van der Waals surface area contributed by atoms with E-state index in [1.165, 1.54) is 0 Å². The highest BCUT2D eigenvalue weighted by Gasteiger charge is 2.31. The molecular weight excluding hydrogens is 266 g/mol. The molecule has 2 N–H and O–H groups in total. The lowest BCUT2D eigenvalue weighted by Crippen LogP contribution is -2.33. The zero-order chi connectivity index (χ0) is 14.0. The summed E-state index contributed by atoms with van der Waals surface area (Å²) in [4.78, 5) is 6.22. The molecule has 0 saturated carbocycles. The molecule has 19 heavy (non-hydrogen) atoms. The van der Waals surface area contributed by atoms with Gasteiger partial charge in [-0.15, -0.1) is 0 Å². The lowest BCUT2D eigenvalue weighted by atomic mass is 10.2. The fourth-order valence-corrected chi connectivity index (χ4v) is 3.93. The van der Waals surface area contributed by atoms with Crippen molar-refractivity contribution in [3.8, 4) is 5.88 Å². The second kappa shape index (κ2) is 5.24. The van der Waals surface area contributed by atoms with E-state index in [1.54, 1.807) is 12.1 Å². The van der Waals surface area contributed by atoms with Gasteiger partial charge in [-0.2, -0.15) is 4.98 Å². The maximum atomic E-state index is 11.5. The van der Waals surface area contributed by atoms with E-state index in [-0.39, 0.29) is 17.5 Å². The van der Waals surface area contributed by atoms with Crippen LogP contribution in [0.5, 0.6) is 5.88 Å². The maximum Gasteiger partial charge on any atom is 0.239 e. The van der Waals surface area contributed by atoms with Crippen molar-refractivity contribution in [3.05, 3.63) is 12.1 Å². The van der Waals surface area contributed by atoms with Gasteiger partial charge in [0.25, 0.3) is 0 Å². The molecule has 1 fully saturated rings. The number of ether oxygens (including phenoxy) is 1. The van der Waals surface area contributed by atoms with E-state index in [0.29, 0.717) is 30.4 Å². The van der Waals surface area contributed by atoms with Crippen molar-refractivity contribution in [1.29, 1.82) is 0 Å². The molecule has 1 atom stereocenters. The molecule has 0 amide bonds. The number of rotatable bonds is 4. The highest BCUT2D eigenvalue weighted by Crippen LogP contribution is 2.26. The number of pyridine rings is 1. The summed E-state index contributed by atoms with van der Waals surface area (Å²) in [6, 6.07) is 3.48. The van der Waals surface area contributed by atoms with Crippen LogP contribution in [0, 0.1) is 0 Å². The molecule has 2 heterocycles. The molecule has 6 nitrogen and oxygen atoms in total. The van der Waals surface area contributed by atoms with Crippen LogP contribution >= 0.6 is 0 Å². The van der Waals surface area contributed by atoms with E-state index in [1.807, 2.05) is 18.9 Å². The largest absolute Gasteiger partial charge is 0.476 e. The van der Waals surface area contributed by atoms with Gasteiger partial charge in [0.2, 0.25) is 5.88 Å². The van der Waals surface area contributed by atoms with Crippen molar-refractivity contribution in [1.82, 2.24) is 4.98 Å². The number of hydrogen-bond acceptors (Lipinski definition) is 6. The van der Waals surface area contributed by atoms with Crippen LogP contribution in [0.2, 0.25) is 0 Å². The van der Waals surface area contributed by atoms with Crippen molar-refractivity contribution in [2.75, 3.05) is 35.8 Å². The van der Waals surface area contributed by atoms with Crippen LogP contribution in [-0.2, 0) is 9.84 Å². The molecule has 1 saturated heterocycles. The van der Waals surface area contributed by atoms with Crippen molar-refractivity contribution in [2.45, 2.75) is 19.4 Å². The van der Waals surface area contributed by atoms with E-state index in [4.69, 9.17) is 10.5 Å². The molecule has 1 unspecified atom stereocenters. The molecule has 2 rings (SSSR count). The zero-order valence-corrected chi connectivity index (χ0v) is 12.0. The topological polar surface area (TPSA) is 85.5 Å². The molecule has 0 aromatic carbocycles. The lowest BCUT2D eigenvalue weighted by Gasteiger charge is -2.25. The van der Waals surface area contributed by atoms with E-state index >= 15 is 0 Å². The summed E-state index contributed by atoms with van der Waals surface area (Å²) in [6.45, 7) is 2.35. The van der Waals surface area contributed by atoms with Crippen molar-refractivity contribution in [2.24, 2.45) is 0 Å².